The molecule has 0 bridgehead atoms. The zero-order valence-electron chi connectivity index (χ0n) is 17.0. The highest BCUT2D eigenvalue weighted by Crippen LogP contribution is 2.32. The van der Waals surface area contributed by atoms with E-state index in [1.165, 1.54) is 73.1 Å². The van der Waals surface area contributed by atoms with Crippen molar-refractivity contribution in [2.45, 2.75) is 9.79 Å². The molecule has 0 saturated carbocycles. The fraction of sp³-hybridized carbons (Fsp3) is 0. The monoisotopic (exact) mass is 498 g/mol. The minimum absolute atomic E-state index is 0.0361. The van der Waals surface area contributed by atoms with E-state index < -0.39 is 30.0 Å². The predicted molar refractivity (Wildman–Crippen MR) is 119 cm³/mol. The standard InChI is InChI=1S/C20H14N6O6S2/c27-33(28,29)19-13(3-1-5-15(19)17-9-11-21-25-23-17)7-8-14-4-2-6-16(20(14)34(30,31)32)18-10-12-22-26-24-18/h1-12H,(H,27,28,29)(H,30,31,32)/b8-7+. The molecule has 0 aliphatic heterocycles. The number of rotatable bonds is 6. The molecule has 0 atom stereocenters. The van der Waals surface area contributed by atoms with E-state index in [1.54, 1.807) is 0 Å². The van der Waals surface area contributed by atoms with E-state index in [2.05, 4.69) is 30.8 Å². The molecule has 12 nitrogen and oxygen atoms in total. The summed E-state index contributed by atoms with van der Waals surface area (Å²) in [6.07, 6.45) is 5.19. The van der Waals surface area contributed by atoms with Crippen LogP contribution >= 0.6 is 0 Å². The van der Waals surface area contributed by atoms with Crippen LogP contribution in [0.25, 0.3) is 34.7 Å². The van der Waals surface area contributed by atoms with Crippen LogP contribution in [-0.2, 0) is 20.2 Å². The van der Waals surface area contributed by atoms with E-state index in [4.69, 9.17) is 0 Å². The van der Waals surface area contributed by atoms with Crippen molar-refractivity contribution in [3.05, 3.63) is 72.1 Å². The van der Waals surface area contributed by atoms with Gasteiger partial charge < -0.3 is 0 Å². The normalized spacial score (nSPS) is 12.2. The molecule has 2 aromatic heterocycles. The second kappa shape index (κ2) is 9.11. The topological polar surface area (TPSA) is 186 Å². The van der Waals surface area contributed by atoms with Gasteiger partial charge in [-0.2, -0.15) is 16.8 Å². The fourth-order valence-corrected chi connectivity index (χ4v) is 5.07. The van der Waals surface area contributed by atoms with Crippen LogP contribution < -0.4 is 0 Å². The first-order valence-electron chi connectivity index (χ1n) is 9.35. The SMILES string of the molecule is O=S(=O)(O)c1c(/C=C/c2cccc(-c3ccnnn3)c2S(=O)(=O)O)cccc1-c1ccnnn1. The Morgan fingerprint density at radius 2 is 1.03 bits per heavy atom. The van der Waals surface area contributed by atoms with Crippen LogP contribution in [0.15, 0.2) is 70.7 Å². The van der Waals surface area contributed by atoms with Crippen molar-refractivity contribution in [1.82, 2.24) is 30.8 Å². The quantitative estimate of drug-likeness (QED) is 0.291. The van der Waals surface area contributed by atoms with Crippen molar-refractivity contribution in [3.8, 4) is 22.5 Å². The second-order valence-corrected chi connectivity index (χ2v) is 9.46. The first-order valence-corrected chi connectivity index (χ1v) is 12.2. The van der Waals surface area contributed by atoms with Gasteiger partial charge in [-0.25, -0.2) is 0 Å². The summed E-state index contributed by atoms with van der Waals surface area (Å²) in [5.74, 6) is 0. The van der Waals surface area contributed by atoms with Crippen LogP contribution in [0, 0.1) is 0 Å². The van der Waals surface area contributed by atoms with Gasteiger partial charge in [0, 0.05) is 11.1 Å². The lowest BCUT2D eigenvalue weighted by molar-refractivity contribution is 0.481. The summed E-state index contributed by atoms with van der Waals surface area (Å²) >= 11 is 0. The largest absolute Gasteiger partial charge is 0.295 e. The van der Waals surface area contributed by atoms with Gasteiger partial charge in [-0.05, 0) is 33.7 Å². The zero-order valence-corrected chi connectivity index (χ0v) is 18.6. The van der Waals surface area contributed by atoms with Gasteiger partial charge >= 0.3 is 0 Å². The van der Waals surface area contributed by atoms with Crippen molar-refractivity contribution in [3.63, 3.8) is 0 Å². The third kappa shape index (κ3) is 4.84. The maximum absolute atomic E-state index is 12.2. The molecule has 2 aromatic carbocycles. The van der Waals surface area contributed by atoms with Crippen LogP contribution in [0.5, 0.6) is 0 Å². The number of hydrogen-bond acceptors (Lipinski definition) is 10. The number of hydrogen-bond donors (Lipinski definition) is 2. The Hall–Kier alpha value is -3.98. The predicted octanol–water partition coefficient (Wildman–Crippen LogP) is 2.05. The average Bonchev–Trinajstić information content (AvgIpc) is 2.82. The summed E-state index contributed by atoms with van der Waals surface area (Å²) in [7, 11) is -9.48. The van der Waals surface area contributed by atoms with E-state index in [9.17, 15) is 25.9 Å². The molecule has 2 N–H and O–H groups in total. The Balaban J connectivity index is 1.91. The molecule has 34 heavy (non-hydrogen) atoms. The Kier molecular flexibility index (Phi) is 6.21. The summed E-state index contributed by atoms with van der Waals surface area (Å²) in [5.41, 5.74) is 0.498. The lowest BCUT2D eigenvalue weighted by atomic mass is 10.0. The van der Waals surface area contributed by atoms with E-state index in [1.807, 2.05) is 0 Å². The van der Waals surface area contributed by atoms with Gasteiger partial charge in [-0.3, -0.25) is 9.11 Å². The zero-order chi connectivity index (χ0) is 24.3. The molecule has 0 radical (unpaired) electrons. The molecule has 0 unspecified atom stereocenters. The molecule has 4 rings (SSSR count). The Morgan fingerprint density at radius 1 is 0.618 bits per heavy atom. The Morgan fingerprint density at radius 3 is 1.35 bits per heavy atom. The van der Waals surface area contributed by atoms with Gasteiger partial charge in [0.05, 0.1) is 23.8 Å². The van der Waals surface area contributed by atoms with Gasteiger partial charge in [0.1, 0.15) is 9.79 Å². The second-order valence-electron chi connectivity index (χ2n) is 6.74. The summed E-state index contributed by atoms with van der Waals surface area (Å²) in [6, 6.07) is 11.6. The Bertz CT molecular complexity index is 1470. The van der Waals surface area contributed by atoms with Crippen molar-refractivity contribution >= 4 is 32.4 Å². The molecule has 172 valence electrons. The lowest BCUT2D eigenvalue weighted by Gasteiger charge is -2.11. The van der Waals surface area contributed by atoms with Crippen LogP contribution in [0.4, 0.5) is 0 Å². The van der Waals surface area contributed by atoms with Crippen molar-refractivity contribution in [1.29, 1.82) is 0 Å². The van der Waals surface area contributed by atoms with Gasteiger partial charge in [-0.15, -0.1) is 20.4 Å². The van der Waals surface area contributed by atoms with Crippen LogP contribution in [0.1, 0.15) is 11.1 Å². The highest BCUT2D eigenvalue weighted by Gasteiger charge is 2.23. The maximum Gasteiger partial charge on any atom is 0.295 e. The van der Waals surface area contributed by atoms with Crippen LogP contribution in [-0.4, -0.2) is 56.8 Å². The average molecular weight is 499 g/mol. The molecule has 0 aliphatic carbocycles. The van der Waals surface area contributed by atoms with Crippen molar-refractivity contribution in [2.75, 3.05) is 0 Å². The molecule has 2 heterocycles. The summed E-state index contributed by atoms with van der Waals surface area (Å²) < 4.78 is 68.7. The Labute approximate surface area is 193 Å². The molecule has 4 aromatic rings. The van der Waals surface area contributed by atoms with Crippen LogP contribution in [0.3, 0.4) is 0 Å². The molecule has 0 saturated heterocycles. The lowest BCUT2D eigenvalue weighted by Crippen LogP contribution is -2.06. The fourth-order valence-electron chi connectivity index (χ4n) is 3.30. The molecule has 0 fully saturated rings. The molecule has 0 amide bonds. The molecule has 0 spiro atoms. The third-order valence-corrected chi connectivity index (χ3v) is 6.55. The highest BCUT2D eigenvalue weighted by molar-refractivity contribution is 7.86. The molecule has 14 heteroatoms. The smallest absolute Gasteiger partial charge is 0.282 e. The number of nitrogens with zero attached hydrogens (tertiary/aromatic N) is 6. The van der Waals surface area contributed by atoms with E-state index in [-0.39, 0.29) is 33.6 Å². The minimum atomic E-state index is -4.74. The number of aromatic nitrogens is 6. The van der Waals surface area contributed by atoms with E-state index >= 15 is 0 Å². The first kappa shape index (κ1) is 23.2. The van der Waals surface area contributed by atoms with E-state index in [0.29, 0.717) is 0 Å². The van der Waals surface area contributed by atoms with Crippen LogP contribution in [0.2, 0.25) is 0 Å². The van der Waals surface area contributed by atoms with Crippen molar-refractivity contribution < 1.29 is 25.9 Å². The summed E-state index contributed by atoms with van der Waals surface area (Å²) in [5, 5.41) is 21.6. The van der Waals surface area contributed by atoms with Gasteiger partial charge in [-0.1, -0.05) is 48.6 Å². The molecular formula is C20H14N6O6S2. The highest BCUT2D eigenvalue weighted by atomic mass is 32.2. The van der Waals surface area contributed by atoms with Gasteiger partial charge in [0.15, 0.2) is 0 Å². The maximum atomic E-state index is 12.2. The van der Waals surface area contributed by atoms with Crippen molar-refractivity contribution in [2.24, 2.45) is 0 Å². The number of benzene rings is 2. The van der Waals surface area contributed by atoms with E-state index in [0.717, 1.165) is 0 Å². The minimum Gasteiger partial charge on any atom is -0.282 e. The van der Waals surface area contributed by atoms with Gasteiger partial charge in [0.25, 0.3) is 20.2 Å². The molecular weight excluding hydrogens is 484 g/mol. The molecule has 0 aliphatic rings. The van der Waals surface area contributed by atoms with Gasteiger partial charge in [0.2, 0.25) is 0 Å². The summed E-state index contributed by atoms with van der Waals surface area (Å²) in [6.45, 7) is 0. The summed E-state index contributed by atoms with van der Waals surface area (Å²) in [4.78, 5) is -0.923. The third-order valence-electron chi connectivity index (χ3n) is 4.61. The first-order chi connectivity index (χ1) is 16.2.